The van der Waals surface area contributed by atoms with E-state index >= 15 is 0 Å². The highest BCUT2D eigenvalue weighted by molar-refractivity contribution is 5.12. The molecule has 2 N–H and O–H groups in total. The first-order valence-corrected chi connectivity index (χ1v) is 7.26. The molecule has 2 unspecified atom stereocenters. The summed E-state index contributed by atoms with van der Waals surface area (Å²) in [4.78, 5) is 0. The molecule has 0 bridgehead atoms. The molecule has 0 heterocycles. The third kappa shape index (κ3) is 1.83. The van der Waals surface area contributed by atoms with Crippen LogP contribution in [0.4, 0.5) is 0 Å². The fourth-order valence-electron chi connectivity index (χ4n) is 3.80. The van der Waals surface area contributed by atoms with Gasteiger partial charge in [0.2, 0.25) is 0 Å². The summed E-state index contributed by atoms with van der Waals surface area (Å²) in [7, 11) is 0. The predicted octanol–water partition coefficient (Wildman–Crippen LogP) is 1.84. The summed E-state index contributed by atoms with van der Waals surface area (Å²) >= 11 is 0. The lowest BCUT2D eigenvalue weighted by Crippen LogP contribution is -2.68. The molecule has 0 aromatic carbocycles. The first-order chi connectivity index (χ1) is 8.19. The first-order valence-electron chi connectivity index (χ1n) is 7.26. The summed E-state index contributed by atoms with van der Waals surface area (Å²) in [5, 5.41) is 13.7. The zero-order chi connectivity index (χ0) is 11.9. The van der Waals surface area contributed by atoms with E-state index in [9.17, 15) is 5.11 Å². The van der Waals surface area contributed by atoms with Gasteiger partial charge in [-0.05, 0) is 45.4 Å². The van der Waals surface area contributed by atoms with Gasteiger partial charge in [-0.3, -0.25) is 0 Å². The molecule has 98 valence electrons. The van der Waals surface area contributed by atoms with Gasteiger partial charge in [-0.25, -0.2) is 0 Å². The van der Waals surface area contributed by atoms with E-state index in [1.165, 1.54) is 25.7 Å². The predicted molar refractivity (Wildman–Crippen MR) is 66.9 cm³/mol. The van der Waals surface area contributed by atoms with E-state index in [0.29, 0.717) is 17.6 Å². The molecule has 17 heavy (non-hydrogen) atoms. The number of ether oxygens (including phenoxy) is 1. The van der Waals surface area contributed by atoms with E-state index in [0.717, 1.165) is 32.4 Å². The maximum atomic E-state index is 10.1. The topological polar surface area (TPSA) is 41.5 Å². The lowest BCUT2D eigenvalue weighted by Gasteiger charge is -2.61. The van der Waals surface area contributed by atoms with Gasteiger partial charge in [-0.2, -0.15) is 0 Å². The Morgan fingerprint density at radius 3 is 2.41 bits per heavy atom. The summed E-state index contributed by atoms with van der Waals surface area (Å²) in [5.41, 5.74) is 0.0394. The molecule has 3 saturated carbocycles. The molecule has 3 aliphatic carbocycles. The largest absolute Gasteiger partial charge is 0.389 e. The van der Waals surface area contributed by atoms with Gasteiger partial charge >= 0.3 is 0 Å². The molecule has 2 atom stereocenters. The lowest BCUT2D eigenvalue weighted by molar-refractivity contribution is -0.176. The van der Waals surface area contributed by atoms with Gasteiger partial charge in [0, 0.05) is 24.6 Å². The van der Waals surface area contributed by atoms with Crippen molar-refractivity contribution in [3.8, 4) is 0 Å². The average Bonchev–Trinajstić information content (AvgIpc) is 2.17. The van der Waals surface area contributed by atoms with Gasteiger partial charge < -0.3 is 15.2 Å². The molecular weight excluding hydrogens is 214 g/mol. The Balaban J connectivity index is 1.51. The normalized spacial score (nSPS) is 37.1. The van der Waals surface area contributed by atoms with Crippen LogP contribution in [0, 0.1) is 5.41 Å². The number of aliphatic hydroxyl groups is 1. The number of hydrogen-bond donors (Lipinski definition) is 2. The van der Waals surface area contributed by atoms with Crippen LogP contribution < -0.4 is 5.32 Å². The van der Waals surface area contributed by atoms with E-state index in [4.69, 9.17) is 4.74 Å². The van der Waals surface area contributed by atoms with Gasteiger partial charge in [0.05, 0.1) is 11.7 Å². The van der Waals surface area contributed by atoms with E-state index in [2.05, 4.69) is 12.2 Å². The van der Waals surface area contributed by atoms with Crippen LogP contribution in [0.25, 0.3) is 0 Å². The molecule has 0 amide bonds. The van der Waals surface area contributed by atoms with Crippen LogP contribution in [0.3, 0.4) is 0 Å². The van der Waals surface area contributed by atoms with Gasteiger partial charge in [0.25, 0.3) is 0 Å². The Morgan fingerprint density at radius 2 is 1.94 bits per heavy atom. The quantitative estimate of drug-likeness (QED) is 0.769. The van der Waals surface area contributed by atoms with Crippen molar-refractivity contribution in [1.29, 1.82) is 0 Å². The van der Waals surface area contributed by atoms with Crippen molar-refractivity contribution in [2.24, 2.45) is 5.41 Å². The fraction of sp³-hybridized carbons (Fsp3) is 1.00. The lowest BCUT2D eigenvalue weighted by atomic mass is 9.51. The zero-order valence-corrected chi connectivity index (χ0v) is 10.9. The molecule has 3 heteroatoms. The van der Waals surface area contributed by atoms with Crippen molar-refractivity contribution >= 4 is 0 Å². The smallest absolute Gasteiger partial charge is 0.0771 e. The number of nitrogens with one attached hydrogen (secondary N) is 1. The number of hydrogen-bond acceptors (Lipinski definition) is 3. The molecule has 3 nitrogen and oxygen atoms in total. The van der Waals surface area contributed by atoms with Gasteiger partial charge in [0.15, 0.2) is 0 Å². The second-order valence-corrected chi connectivity index (χ2v) is 6.28. The molecule has 3 rings (SSSR count). The van der Waals surface area contributed by atoms with E-state index in [1.54, 1.807) is 0 Å². The number of rotatable bonds is 5. The van der Waals surface area contributed by atoms with Crippen LogP contribution in [0.5, 0.6) is 0 Å². The Kier molecular flexibility index (Phi) is 2.96. The highest BCUT2D eigenvalue weighted by Crippen LogP contribution is 2.57. The van der Waals surface area contributed by atoms with Crippen molar-refractivity contribution in [2.45, 2.75) is 69.6 Å². The molecule has 3 aliphatic rings. The molecule has 0 aromatic rings. The molecule has 0 radical (unpaired) electrons. The minimum atomic E-state index is -0.387. The minimum absolute atomic E-state index is 0.387. The minimum Gasteiger partial charge on any atom is -0.389 e. The third-order valence-electron chi connectivity index (χ3n) is 5.40. The summed E-state index contributed by atoms with van der Waals surface area (Å²) in [6, 6.07) is 0.595. The van der Waals surface area contributed by atoms with Crippen molar-refractivity contribution in [2.75, 3.05) is 13.2 Å². The van der Waals surface area contributed by atoms with Crippen molar-refractivity contribution in [3.05, 3.63) is 0 Å². The SMILES string of the molecule is CCOC1CC(NCC2(O)CCC2)C12CCC2. The summed E-state index contributed by atoms with van der Waals surface area (Å²) in [5.74, 6) is 0. The first kappa shape index (κ1) is 11.9. The summed E-state index contributed by atoms with van der Waals surface area (Å²) in [6.45, 7) is 3.71. The second kappa shape index (κ2) is 4.22. The maximum Gasteiger partial charge on any atom is 0.0771 e. The van der Waals surface area contributed by atoms with Crippen LogP contribution in [-0.2, 0) is 4.74 Å². The highest BCUT2D eigenvalue weighted by Gasteiger charge is 2.58. The van der Waals surface area contributed by atoms with Gasteiger partial charge in [-0.1, -0.05) is 6.42 Å². The van der Waals surface area contributed by atoms with Crippen LogP contribution >= 0.6 is 0 Å². The van der Waals surface area contributed by atoms with Crippen LogP contribution in [-0.4, -0.2) is 36.0 Å². The summed E-state index contributed by atoms with van der Waals surface area (Å²) in [6.07, 6.45) is 8.76. The van der Waals surface area contributed by atoms with Crippen LogP contribution in [0.2, 0.25) is 0 Å². The second-order valence-electron chi connectivity index (χ2n) is 6.28. The Bertz CT molecular complexity index is 284. The molecule has 3 fully saturated rings. The van der Waals surface area contributed by atoms with E-state index in [-0.39, 0.29) is 5.60 Å². The van der Waals surface area contributed by atoms with E-state index < -0.39 is 0 Å². The third-order valence-corrected chi connectivity index (χ3v) is 5.40. The molecular formula is C14H25NO2. The van der Waals surface area contributed by atoms with Crippen molar-refractivity contribution in [3.63, 3.8) is 0 Å². The molecule has 0 saturated heterocycles. The van der Waals surface area contributed by atoms with E-state index in [1.807, 2.05) is 0 Å². The van der Waals surface area contributed by atoms with Crippen LogP contribution in [0.15, 0.2) is 0 Å². The standard InChI is InChI=1S/C14H25NO2/c1-2-17-12-9-11(14(12)7-4-8-14)15-10-13(16)5-3-6-13/h11-12,15-16H,2-10H2,1H3. The highest BCUT2D eigenvalue weighted by atomic mass is 16.5. The molecule has 0 aliphatic heterocycles. The van der Waals surface area contributed by atoms with Crippen molar-refractivity contribution in [1.82, 2.24) is 5.32 Å². The molecule has 0 aromatic heterocycles. The molecule has 1 spiro atoms. The fourth-order valence-corrected chi connectivity index (χ4v) is 3.80. The zero-order valence-electron chi connectivity index (χ0n) is 10.9. The van der Waals surface area contributed by atoms with Crippen LogP contribution in [0.1, 0.15) is 51.9 Å². The Labute approximate surface area is 104 Å². The maximum absolute atomic E-state index is 10.1. The Morgan fingerprint density at radius 1 is 1.24 bits per heavy atom. The Hall–Kier alpha value is -0.120. The average molecular weight is 239 g/mol. The summed E-state index contributed by atoms with van der Waals surface area (Å²) < 4.78 is 5.84. The monoisotopic (exact) mass is 239 g/mol. The van der Waals surface area contributed by atoms with Gasteiger partial charge in [0.1, 0.15) is 0 Å². The van der Waals surface area contributed by atoms with Gasteiger partial charge in [-0.15, -0.1) is 0 Å². The van der Waals surface area contributed by atoms with Crippen molar-refractivity contribution < 1.29 is 9.84 Å².